The first-order valence-electron chi connectivity index (χ1n) is 4.15. The number of benzene rings is 1. The van der Waals surface area contributed by atoms with Crippen LogP contribution >= 0.6 is 15.9 Å². The molecular weight excluding hydrogens is 289 g/mol. The van der Waals surface area contributed by atoms with Crippen LogP contribution in [0.15, 0.2) is 16.6 Å². The minimum atomic E-state index is -4.92. The molecule has 3 N–H and O–H groups in total. The van der Waals surface area contributed by atoms with E-state index in [1.54, 1.807) is 18.3 Å². The molecule has 0 aliphatic carbocycles. The first-order chi connectivity index (χ1) is 7.21. The smallest absolute Gasteiger partial charge is 0.397 e. The number of nitrogen functional groups attached to an aromatic ring is 1. The second kappa shape index (κ2) is 4.32. The van der Waals surface area contributed by atoms with Gasteiger partial charge in [-0.2, -0.15) is 13.2 Å². The zero-order valence-corrected chi connectivity index (χ0v) is 9.74. The Bertz CT molecular complexity index is 408. The fourth-order valence-corrected chi connectivity index (χ4v) is 1.71. The van der Waals surface area contributed by atoms with Crippen LogP contribution < -0.4 is 11.1 Å². The van der Waals surface area contributed by atoms with Crippen molar-refractivity contribution in [2.24, 2.45) is 0 Å². The Hall–Kier alpha value is -1.24. The molecule has 3 nitrogen and oxygen atoms in total. The second-order valence-corrected chi connectivity index (χ2v) is 4.05. The summed E-state index contributed by atoms with van der Waals surface area (Å²) < 4.78 is 36.7. The van der Waals surface area contributed by atoms with Gasteiger partial charge >= 0.3 is 12.1 Å². The van der Waals surface area contributed by atoms with Crippen molar-refractivity contribution in [1.29, 1.82) is 0 Å². The predicted octanol–water partition coefficient (Wildman–Crippen LogP) is 2.84. The highest BCUT2D eigenvalue weighted by atomic mass is 79.9. The van der Waals surface area contributed by atoms with Gasteiger partial charge in [0, 0.05) is 4.47 Å². The lowest BCUT2D eigenvalue weighted by Crippen LogP contribution is -2.30. The number of alkyl halides is 3. The third-order valence-electron chi connectivity index (χ3n) is 1.83. The van der Waals surface area contributed by atoms with Crippen molar-refractivity contribution in [2.75, 3.05) is 11.1 Å². The molecule has 0 saturated carbocycles. The lowest BCUT2D eigenvalue weighted by molar-refractivity contribution is -0.167. The number of hydrogen-bond acceptors (Lipinski definition) is 2. The monoisotopic (exact) mass is 296 g/mol. The number of anilines is 2. The topological polar surface area (TPSA) is 55.1 Å². The van der Waals surface area contributed by atoms with E-state index < -0.39 is 12.1 Å². The maximum atomic E-state index is 12.0. The predicted molar refractivity (Wildman–Crippen MR) is 58.0 cm³/mol. The van der Waals surface area contributed by atoms with E-state index in [4.69, 9.17) is 5.73 Å². The van der Waals surface area contributed by atoms with E-state index in [0.717, 1.165) is 0 Å². The molecule has 7 heteroatoms. The van der Waals surface area contributed by atoms with E-state index in [2.05, 4.69) is 15.9 Å². The van der Waals surface area contributed by atoms with Crippen molar-refractivity contribution in [1.82, 2.24) is 0 Å². The van der Waals surface area contributed by atoms with Gasteiger partial charge in [-0.1, -0.05) is 15.9 Å². The third-order valence-corrected chi connectivity index (χ3v) is 2.28. The van der Waals surface area contributed by atoms with Gasteiger partial charge in [0.2, 0.25) is 0 Å². The first-order valence-corrected chi connectivity index (χ1v) is 4.95. The summed E-state index contributed by atoms with van der Waals surface area (Å²) >= 11 is 3.14. The minimum Gasteiger partial charge on any atom is -0.397 e. The molecule has 0 radical (unpaired) electrons. The Balaban J connectivity index is 3.03. The van der Waals surface area contributed by atoms with Crippen molar-refractivity contribution in [3.8, 4) is 0 Å². The van der Waals surface area contributed by atoms with Crippen molar-refractivity contribution in [3.05, 3.63) is 22.2 Å². The van der Waals surface area contributed by atoms with Crippen LogP contribution in [0.25, 0.3) is 0 Å². The molecule has 0 bridgehead atoms. The molecule has 0 unspecified atom stereocenters. The summed E-state index contributed by atoms with van der Waals surface area (Å²) in [6.45, 7) is 1.55. The first kappa shape index (κ1) is 12.8. The Morgan fingerprint density at radius 2 is 2.00 bits per heavy atom. The Kier molecular flexibility index (Phi) is 3.47. The molecule has 0 fully saturated rings. The minimum absolute atomic E-state index is 0.0227. The molecule has 1 aromatic rings. The quantitative estimate of drug-likeness (QED) is 0.783. The van der Waals surface area contributed by atoms with Gasteiger partial charge in [0.05, 0.1) is 11.4 Å². The number of hydrogen-bond donors (Lipinski definition) is 2. The van der Waals surface area contributed by atoms with Crippen LogP contribution in [0.2, 0.25) is 0 Å². The molecule has 0 saturated heterocycles. The molecule has 0 aliphatic rings. The molecule has 1 amide bonds. The Morgan fingerprint density at radius 3 is 2.44 bits per heavy atom. The number of amides is 1. The van der Waals surface area contributed by atoms with Gasteiger partial charge in [-0.05, 0) is 24.6 Å². The fourth-order valence-electron chi connectivity index (χ4n) is 1.12. The van der Waals surface area contributed by atoms with Crippen LogP contribution in [-0.2, 0) is 4.79 Å². The number of halogens is 4. The fraction of sp³-hybridized carbons (Fsp3) is 0.222. The molecule has 1 aromatic carbocycles. The maximum absolute atomic E-state index is 12.0. The van der Waals surface area contributed by atoms with Crippen LogP contribution in [0.1, 0.15) is 5.56 Å². The van der Waals surface area contributed by atoms with Gasteiger partial charge in [-0.15, -0.1) is 0 Å². The summed E-state index contributed by atoms with van der Waals surface area (Å²) in [5, 5.41) is 1.74. The van der Waals surface area contributed by atoms with Crippen molar-refractivity contribution < 1.29 is 18.0 Å². The molecule has 0 aliphatic heterocycles. The maximum Gasteiger partial charge on any atom is 0.471 e. The summed E-state index contributed by atoms with van der Waals surface area (Å²) in [6, 6.07) is 2.97. The number of nitrogens with two attached hydrogens (primary N) is 1. The van der Waals surface area contributed by atoms with Gasteiger partial charge in [-0.25, -0.2) is 0 Å². The molecule has 1 rings (SSSR count). The molecule has 0 atom stereocenters. The highest BCUT2D eigenvalue weighted by molar-refractivity contribution is 9.10. The highest BCUT2D eigenvalue weighted by Gasteiger charge is 2.39. The van der Waals surface area contributed by atoms with Crippen LogP contribution in [0.5, 0.6) is 0 Å². The molecule has 0 spiro atoms. The zero-order valence-electron chi connectivity index (χ0n) is 8.15. The largest absolute Gasteiger partial charge is 0.471 e. The molecule has 0 aromatic heterocycles. The van der Waals surface area contributed by atoms with E-state index >= 15 is 0 Å². The van der Waals surface area contributed by atoms with Gasteiger partial charge in [0.15, 0.2) is 0 Å². The second-order valence-electron chi connectivity index (χ2n) is 3.14. The number of carbonyl (C=O) groups excluding carboxylic acids is 1. The number of rotatable bonds is 1. The van der Waals surface area contributed by atoms with E-state index in [9.17, 15) is 18.0 Å². The van der Waals surface area contributed by atoms with Gasteiger partial charge < -0.3 is 11.1 Å². The van der Waals surface area contributed by atoms with Gasteiger partial charge in [-0.3, -0.25) is 4.79 Å². The zero-order chi connectivity index (χ0) is 12.5. The summed E-state index contributed by atoms with van der Waals surface area (Å²) in [6.07, 6.45) is -4.92. The van der Waals surface area contributed by atoms with E-state index in [0.29, 0.717) is 10.0 Å². The van der Waals surface area contributed by atoms with Crippen molar-refractivity contribution >= 4 is 33.2 Å². The molecule has 88 valence electrons. The lowest BCUT2D eigenvalue weighted by atomic mass is 10.1. The van der Waals surface area contributed by atoms with Crippen LogP contribution in [0, 0.1) is 6.92 Å². The van der Waals surface area contributed by atoms with Crippen LogP contribution in [0.4, 0.5) is 24.5 Å². The summed E-state index contributed by atoms with van der Waals surface area (Å²) in [5.74, 6) is -2.04. The average molecular weight is 297 g/mol. The number of nitrogens with one attached hydrogen (secondary N) is 1. The highest BCUT2D eigenvalue weighted by Crippen LogP contribution is 2.29. The summed E-state index contributed by atoms with van der Waals surface area (Å²) in [5.41, 5.74) is 6.00. The van der Waals surface area contributed by atoms with E-state index in [1.807, 2.05) is 0 Å². The SMILES string of the molecule is Cc1cc(Br)cc(N)c1NC(=O)C(F)(F)F. The Labute approximate surface area is 97.9 Å². The normalized spacial score (nSPS) is 11.3. The number of carbonyl (C=O) groups is 1. The van der Waals surface area contributed by atoms with Gasteiger partial charge in [0.25, 0.3) is 0 Å². The van der Waals surface area contributed by atoms with Gasteiger partial charge in [0.1, 0.15) is 0 Å². The van der Waals surface area contributed by atoms with Crippen molar-refractivity contribution in [3.63, 3.8) is 0 Å². The Morgan fingerprint density at radius 1 is 1.44 bits per heavy atom. The summed E-state index contributed by atoms with van der Waals surface area (Å²) in [4.78, 5) is 10.7. The van der Waals surface area contributed by atoms with Crippen LogP contribution in [-0.4, -0.2) is 12.1 Å². The van der Waals surface area contributed by atoms with Crippen LogP contribution in [0.3, 0.4) is 0 Å². The van der Waals surface area contributed by atoms with Crippen molar-refractivity contribution in [2.45, 2.75) is 13.1 Å². The lowest BCUT2D eigenvalue weighted by Gasteiger charge is -2.13. The third kappa shape index (κ3) is 2.88. The molecular formula is C9H8BrF3N2O. The standard InChI is InChI=1S/C9H8BrF3N2O/c1-4-2-5(10)3-6(14)7(4)15-8(16)9(11,12)13/h2-3H,14H2,1H3,(H,15,16). The number of aryl methyl sites for hydroxylation is 1. The summed E-state index contributed by atoms with van der Waals surface area (Å²) in [7, 11) is 0. The average Bonchev–Trinajstić information content (AvgIpc) is 2.08. The molecule has 0 heterocycles. The molecule has 16 heavy (non-hydrogen) atoms. The van der Waals surface area contributed by atoms with E-state index in [1.165, 1.54) is 6.07 Å². The van der Waals surface area contributed by atoms with E-state index in [-0.39, 0.29) is 11.4 Å².